The van der Waals surface area contributed by atoms with E-state index in [0.717, 1.165) is 44.7 Å². The molecule has 0 atom stereocenters. The minimum atomic E-state index is -0.229. The standard InChI is InChI=1S/C22H36N4O/c1-18-15-19(2)26(24-18)17-21(11-12-21)16-23-20(27)22(9-5-3-6-10-22)25-13-7-4-8-14-25/h15H,3-14,16-17H2,1-2H3,(H,23,27). The first-order valence-corrected chi connectivity index (χ1v) is 11.1. The maximum absolute atomic E-state index is 13.4. The van der Waals surface area contributed by atoms with E-state index in [1.165, 1.54) is 57.1 Å². The van der Waals surface area contributed by atoms with E-state index in [1.54, 1.807) is 0 Å². The summed E-state index contributed by atoms with van der Waals surface area (Å²) in [6.07, 6.45) is 12.0. The number of rotatable bonds is 6. The van der Waals surface area contributed by atoms with Gasteiger partial charge >= 0.3 is 0 Å². The Morgan fingerprint density at radius 3 is 2.30 bits per heavy atom. The van der Waals surface area contributed by atoms with Crippen molar-refractivity contribution in [3.8, 4) is 0 Å². The zero-order chi connectivity index (χ0) is 18.9. The van der Waals surface area contributed by atoms with Gasteiger partial charge in [-0.3, -0.25) is 14.4 Å². The minimum absolute atomic E-state index is 0.219. The van der Waals surface area contributed by atoms with Crippen molar-refractivity contribution in [3.63, 3.8) is 0 Å². The number of hydrogen-bond donors (Lipinski definition) is 1. The van der Waals surface area contributed by atoms with Gasteiger partial charge in [-0.05, 0) is 71.5 Å². The highest BCUT2D eigenvalue weighted by Crippen LogP contribution is 2.47. The van der Waals surface area contributed by atoms with E-state index in [0.29, 0.717) is 5.91 Å². The molecule has 0 radical (unpaired) electrons. The molecule has 2 heterocycles. The third-order valence-corrected chi connectivity index (χ3v) is 7.23. The molecule has 1 amide bonds. The van der Waals surface area contributed by atoms with E-state index in [2.05, 4.69) is 39.9 Å². The van der Waals surface area contributed by atoms with Crippen LogP contribution in [-0.4, -0.2) is 45.8 Å². The van der Waals surface area contributed by atoms with Crippen molar-refractivity contribution in [2.24, 2.45) is 5.41 Å². The average molecular weight is 373 g/mol. The summed E-state index contributed by atoms with van der Waals surface area (Å²) in [5, 5.41) is 8.05. The number of nitrogens with zero attached hydrogens (tertiary/aromatic N) is 3. The number of amides is 1. The van der Waals surface area contributed by atoms with Crippen molar-refractivity contribution in [3.05, 3.63) is 17.5 Å². The lowest BCUT2D eigenvalue weighted by molar-refractivity contribution is -0.137. The van der Waals surface area contributed by atoms with Crippen LogP contribution in [0.25, 0.3) is 0 Å². The number of piperidine rings is 1. The second-order valence-electron chi connectivity index (χ2n) is 9.41. The molecule has 3 aliphatic rings. The Morgan fingerprint density at radius 1 is 1.04 bits per heavy atom. The van der Waals surface area contributed by atoms with Crippen molar-refractivity contribution >= 4 is 5.91 Å². The van der Waals surface area contributed by atoms with E-state index in [4.69, 9.17) is 0 Å². The normalized spacial score (nSPS) is 24.5. The van der Waals surface area contributed by atoms with Gasteiger partial charge < -0.3 is 5.32 Å². The van der Waals surface area contributed by atoms with Gasteiger partial charge in [0.05, 0.1) is 5.69 Å². The predicted octanol–water partition coefficient (Wildman–Crippen LogP) is 3.59. The Labute approximate surface area is 163 Å². The largest absolute Gasteiger partial charge is 0.354 e. The predicted molar refractivity (Wildman–Crippen MR) is 108 cm³/mol. The van der Waals surface area contributed by atoms with E-state index in [-0.39, 0.29) is 11.0 Å². The molecule has 1 aliphatic heterocycles. The molecule has 150 valence electrons. The molecule has 1 saturated heterocycles. The first-order valence-electron chi connectivity index (χ1n) is 11.1. The minimum Gasteiger partial charge on any atom is -0.354 e. The quantitative estimate of drug-likeness (QED) is 0.830. The molecule has 0 aromatic carbocycles. The van der Waals surface area contributed by atoms with Crippen LogP contribution < -0.4 is 5.32 Å². The van der Waals surface area contributed by atoms with Crippen LogP contribution in [-0.2, 0) is 11.3 Å². The van der Waals surface area contributed by atoms with Crippen LogP contribution in [0.15, 0.2) is 6.07 Å². The van der Waals surface area contributed by atoms with Gasteiger partial charge in [0.2, 0.25) is 5.91 Å². The van der Waals surface area contributed by atoms with Crippen molar-refractivity contribution in [2.45, 2.75) is 90.1 Å². The van der Waals surface area contributed by atoms with Crippen molar-refractivity contribution in [1.82, 2.24) is 20.0 Å². The Morgan fingerprint density at radius 2 is 1.70 bits per heavy atom. The van der Waals surface area contributed by atoms with Gasteiger partial charge in [-0.15, -0.1) is 0 Å². The fraction of sp³-hybridized carbons (Fsp3) is 0.818. The summed E-state index contributed by atoms with van der Waals surface area (Å²) >= 11 is 0. The monoisotopic (exact) mass is 372 g/mol. The third kappa shape index (κ3) is 3.94. The van der Waals surface area contributed by atoms with Gasteiger partial charge in [0, 0.05) is 24.2 Å². The van der Waals surface area contributed by atoms with Crippen LogP contribution in [0.5, 0.6) is 0 Å². The smallest absolute Gasteiger partial charge is 0.240 e. The van der Waals surface area contributed by atoms with Crippen molar-refractivity contribution < 1.29 is 4.79 Å². The Bertz CT molecular complexity index is 664. The number of nitrogens with one attached hydrogen (secondary N) is 1. The summed E-state index contributed by atoms with van der Waals surface area (Å²) in [5.41, 5.74) is 2.30. The summed E-state index contributed by atoms with van der Waals surface area (Å²) in [5.74, 6) is 0.309. The second-order valence-corrected chi connectivity index (χ2v) is 9.41. The molecular weight excluding hydrogens is 336 g/mol. The Balaban J connectivity index is 1.41. The third-order valence-electron chi connectivity index (χ3n) is 7.23. The molecule has 5 heteroatoms. The molecule has 5 nitrogen and oxygen atoms in total. The molecule has 0 bridgehead atoms. The fourth-order valence-electron chi connectivity index (χ4n) is 5.30. The zero-order valence-electron chi connectivity index (χ0n) is 17.2. The van der Waals surface area contributed by atoms with Crippen LogP contribution >= 0.6 is 0 Å². The molecule has 1 aromatic heterocycles. The molecule has 4 rings (SSSR count). The topological polar surface area (TPSA) is 50.2 Å². The van der Waals surface area contributed by atoms with Gasteiger partial charge in [0.15, 0.2) is 0 Å². The molecular formula is C22H36N4O. The van der Waals surface area contributed by atoms with E-state index >= 15 is 0 Å². The number of aryl methyl sites for hydroxylation is 2. The number of likely N-dealkylation sites (tertiary alicyclic amines) is 1. The molecule has 0 spiro atoms. The molecule has 2 saturated carbocycles. The van der Waals surface area contributed by atoms with Gasteiger partial charge in [-0.2, -0.15) is 5.10 Å². The van der Waals surface area contributed by atoms with Crippen LogP contribution in [0.3, 0.4) is 0 Å². The van der Waals surface area contributed by atoms with Gasteiger partial charge in [-0.1, -0.05) is 25.7 Å². The lowest BCUT2D eigenvalue weighted by atomic mass is 9.78. The number of carbonyl (C=O) groups is 1. The maximum Gasteiger partial charge on any atom is 0.240 e. The molecule has 0 unspecified atom stereocenters. The summed E-state index contributed by atoms with van der Waals surface area (Å²) < 4.78 is 2.13. The first-order chi connectivity index (χ1) is 13.0. The second kappa shape index (κ2) is 7.57. The van der Waals surface area contributed by atoms with Gasteiger partial charge in [-0.25, -0.2) is 0 Å². The fourth-order valence-corrected chi connectivity index (χ4v) is 5.30. The van der Waals surface area contributed by atoms with E-state index in [9.17, 15) is 4.79 Å². The van der Waals surface area contributed by atoms with Gasteiger partial charge in [0.1, 0.15) is 5.54 Å². The molecule has 3 fully saturated rings. The summed E-state index contributed by atoms with van der Waals surface area (Å²) in [6, 6.07) is 2.14. The van der Waals surface area contributed by atoms with Crippen LogP contribution in [0.4, 0.5) is 0 Å². The molecule has 27 heavy (non-hydrogen) atoms. The number of carbonyl (C=O) groups excluding carboxylic acids is 1. The first kappa shape index (κ1) is 19.0. The van der Waals surface area contributed by atoms with Crippen molar-refractivity contribution in [2.75, 3.05) is 19.6 Å². The lowest BCUT2D eigenvalue weighted by Crippen LogP contribution is -2.61. The Hall–Kier alpha value is -1.36. The number of aromatic nitrogens is 2. The highest BCUT2D eigenvalue weighted by Gasteiger charge is 2.48. The average Bonchev–Trinajstić information content (AvgIpc) is 3.39. The lowest BCUT2D eigenvalue weighted by Gasteiger charge is -2.47. The maximum atomic E-state index is 13.4. The SMILES string of the molecule is Cc1cc(C)n(CC2(CNC(=O)C3(N4CCCCC4)CCCCC3)CC2)n1. The van der Waals surface area contributed by atoms with Gasteiger partial charge in [0.25, 0.3) is 0 Å². The van der Waals surface area contributed by atoms with Crippen LogP contribution in [0.2, 0.25) is 0 Å². The molecule has 2 aliphatic carbocycles. The highest BCUT2D eigenvalue weighted by molar-refractivity contribution is 5.86. The zero-order valence-corrected chi connectivity index (χ0v) is 17.2. The van der Waals surface area contributed by atoms with E-state index < -0.39 is 0 Å². The highest BCUT2D eigenvalue weighted by atomic mass is 16.2. The van der Waals surface area contributed by atoms with Crippen molar-refractivity contribution in [1.29, 1.82) is 0 Å². The van der Waals surface area contributed by atoms with E-state index in [1.807, 2.05) is 0 Å². The number of hydrogen-bond acceptors (Lipinski definition) is 3. The molecule has 1 aromatic rings. The summed E-state index contributed by atoms with van der Waals surface area (Å²) in [6.45, 7) is 8.12. The van der Waals surface area contributed by atoms with Crippen LogP contribution in [0, 0.1) is 19.3 Å². The molecule has 1 N–H and O–H groups in total. The summed E-state index contributed by atoms with van der Waals surface area (Å²) in [4.78, 5) is 16.0. The van der Waals surface area contributed by atoms with Crippen LogP contribution in [0.1, 0.15) is 75.6 Å². The Kier molecular flexibility index (Phi) is 5.32. The summed E-state index contributed by atoms with van der Waals surface area (Å²) in [7, 11) is 0.